The van der Waals surface area contributed by atoms with Crippen LogP contribution in [0.5, 0.6) is 0 Å². The molecule has 0 aromatic heterocycles. The molecule has 1 aliphatic carbocycles. The van der Waals surface area contributed by atoms with Crippen molar-refractivity contribution in [2.24, 2.45) is 0 Å². The highest BCUT2D eigenvalue weighted by Gasteiger charge is 1.87. The van der Waals surface area contributed by atoms with Gasteiger partial charge in [0, 0.05) is 4.48 Å². The van der Waals surface area contributed by atoms with E-state index in [9.17, 15) is 0 Å². The number of rotatable bonds is 0. The Hall–Kier alpha value is -0.0400. The van der Waals surface area contributed by atoms with Gasteiger partial charge in [0.05, 0.1) is 0 Å². The molecule has 0 aromatic rings. The number of halogens is 1. The lowest BCUT2D eigenvalue weighted by molar-refractivity contribution is 1.40. The molecular weight excluding hydrogens is 140 g/mol. The Morgan fingerprint density at radius 3 is 2.83 bits per heavy atom. The molecule has 0 fully saturated rings. The maximum absolute atomic E-state index is 3.26. The van der Waals surface area contributed by atoms with Gasteiger partial charge in [-0.2, -0.15) is 0 Å². The molecule has 0 unspecified atom stereocenters. The van der Waals surface area contributed by atoms with Gasteiger partial charge in [0.1, 0.15) is 0 Å². The van der Waals surface area contributed by atoms with Gasteiger partial charge in [-0.05, 0) is 12.5 Å². The van der Waals surface area contributed by atoms with Crippen LogP contribution in [0.15, 0.2) is 16.6 Å². The highest BCUT2D eigenvalue weighted by atomic mass is 79.9. The molecule has 0 amide bonds. The molecule has 0 aromatic carbocycles. The molecule has 0 N–H and O–H groups in total. The minimum Gasteiger partial charge on any atom is -0.0790 e. The predicted molar refractivity (Wildman–Crippen MR) is 29.4 cm³/mol. The van der Waals surface area contributed by atoms with Crippen LogP contribution in [0.3, 0.4) is 0 Å². The standard InChI is InChI=1S/C5H4Br/c6-5-3-1-2-4-5/h1,3H,2H2. The number of allylic oxidation sites excluding steroid dienone is 4. The number of hydrogen-bond acceptors (Lipinski definition) is 0. The van der Waals surface area contributed by atoms with Crippen LogP contribution in [0, 0.1) is 6.08 Å². The maximum atomic E-state index is 3.26. The summed E-state index contributed by atoms with van der Waals surface area (Å²) in [4.78, 5) is 0. The van der Waals surface area contributed by atoms with Crippen LogP contribution in [0.4, 0.5) is 0 Å². The van der Waals surface area contributed by atoms with Crippen molar-refractivity contribution < 1.29 is 0 Å². The monoisotopic (exact) mass is 143 g/mol. The van der Waals surface area contributed by atoms with Crippen molar-refractivity contribution >= 4 is 15.9 Å². The van der Waals surface area contributed by atoms with Gasteiger partial charge >= 0.3 is 0 Å². The summed E-state index contributed by atoms with van der Waals surface area (Å²) in [6.45, 7) is 0. The van der Waals surface area contributed by atoms with E-state index >= 15 is 0 Å². The zero-order valence-electron chi connectivity index (χ0n) is 3.24. The summed E-state index contributed by atoms with van der Waals surface area (Å²) < 4.78 is 1.09. The lowest BCUT2D eigenvalue weighted by atomic mass is 10.5. The highest BCUT2D eigenvalue weighted by molar-refractivity contribution is 9.11. The maximum Gasteiger partial charge on any atom is 0.0210 e. The molecule has 0 saturated heterocycles. The first kappa shape index (κ1) is 4.13. The van der Waals surface area contributed by atoms with E-state index in [0.717, 1.165) is 10.9 Å². The second-order valence-electron chi connectivity index (χ2n) is 1.13. The quantitative estimate of drug-likeness (QED) is 0.487. The largest absolute Gasteiger partial charge is 0.0790 e. The third-order valence-electron chi connectivity index (χ3n) is 0.653. The van der Waals surface area contributed by atoms with Crippen LogP contribution in [0.25, 0.3) is 0 Å². The first-order chi connectivity index (χ1) is 2.89. The Kier molecular flexibility index (Phi) is 1.10. The van der Waals surface area contributed by atoms with E-state index in [-0.39, 0.29) is 0 Å². The molecule has 0 saturated carbocycles. The van der Waals surface area contributed by atoms with E-state index in [1.807, 2.05) is 6.08 Å². The van der Waals surface area contributed by atoms with E-state index in [2.05, 4.69) is 28.1 Å². The van der Waals surface area contributed by atoms with Crippen LogP contribution >= 0.6 is 15.9 Å². The van der Waals surface area contributed by atoms with Gasteiger partial charge in [0.15, 0.2) is 0 Å². The van der Waals surface area contributed by atoms with Crippen molar-refractivity contribution in [3.63, 3.8) is 0 Å². The van der Waals surface area contributed by atoms with Crippen molar-refractivity contribution in [3.05, 3.63) is 22.7 Å². The van der Waals surface area contributed by atoms with Gasteiger partial charge in [-0.3, -0.25) is 0 Å². The third-order valence-corrected chi connectivity index (χ3v) is 1.20. The predicted octanol–water partition coefficient (Wildman–Crippen LogP) is 2.03. The Balaban J connectivity index is 2.68. The molecule has 1 aliphatic rings. The van der Waals surface area contributed by atoms with E-state index in [4.69, 9.17) is 0 Å². The summed E-state index contributed by atoms with van der Waals surface area (Å²) in [7, 11) is 0. The van der Waals surface area contributed by atoms with Crippen LogP contribution in [0.1, 0.15) is 6.42 Å². The smallest absolute Gasteiger partial charge is 0.0210 e. The molecular formula is C5H4Br. The lowest BCUT2D eigenvalue weighted by Gasteiger charge is -1.68. The molecule has 0 aliphatic heterocycles. The fourth-order valence-electron chi connectivity index (χ4n) is 0.378. The van der Waals surface area contributed by atoms with Crippen molar-refractivity contribution in [2.45, 2.75) is 6.42 Å². The molecule has 0 bridgehead atoms. The summed E-state index contributed by atoms with van der Waals surface area (Å²) in [5.74, 6) is 0. The molecule has 1 rings (SSSR count). The van der Waals surface area contributed by atoms with Gasteiger partial charge in [0.25, 0.3) is 0 Å². The van der Waals surface area contributed by atoms with E-state index in [1.165, 1.54) is 0 Å². The van der Waals surface area contributed by atoms with Crippen LogP contribution < -0.4 is 0 Å². The van der Waals surface area contributed by atoms with E-state index in [0.29, 0.717) is 0 Å². The summed E-state index contributed by atoms with van der Waals surface area (Å²) in [6, 6.07) is 0. The van der Waals surface area contributed by atoms with Gasteiger partial charge in [-0.25, -0.2) is 0 Å². The van der Waals surface area contributed by atoms with Crippen molar-refractivity contribution in [2.75, 3.05) is 0 Å². The summed E-state index contributed by atoms with van der Waals surface area (Å²) in [5.41, 5.74) is 0. The van der Waals surface area contributed by atoms with Crippen molar-refractivity contribution in [1.82, 2.24) is 0 Å². The first-order valence-corrected chi connectivity index (χ1v) is 2.62. The summed E-state index contributed by atoms with van der Waals surface area (Å²) >= 11 is 3.26. The Morgan fingerprint density at radius 1 is 1.83 bits per heavy atom. The molecule has 0 heterocycles. The van der Waals surface area contributed by atoms with Crippen molar-refractivity contribution in [3.8, 4) is 0 Å². The van der Waals surface area contributed by atoms with E-state index < -0.39 is 0 Å². The van der Waals surface area contributed by atoms with Crippen LogP contribution in [0.2, 0.25) is 0 Å². The SMILES string of the molecule is BrC1=[C]CC=C1. The average Bonchev–Trinajstić information content (AvgIpc) is 1.86. The van der Waals surface area contributed by atoms with Gasteiger partial charge in [0.2, 0.25) is 0 Å². The molecule has 31 valence electrons. The molecule has 1 heteroatoms. The highest BCUT2D eigenvalue weighted by Crippen LogP contribution is 2.12. The van der Waals surface area contributed by atoms with Gasteiger partial charge in [-0.1, -0.05) is 28.1 Å². The number of hydrogen-bond donors (Lipinski definition) is 0. The molecule has 0 nitrogen and oxygen atoms in total. The zero-order chi connectivity index (χ0) is 4.41. The van der Waals surface area contributed by atoms with Gasteiger partial charge in [-0.15, -0.1) is 0 Å². The minimum absolute atomic E-state index is 0.973. The second kappa shape index (κ2) is 1.61. The fourth-order valence-corrected chi connectivity index (χ4v) is 0.727. The Labute approximate surface area is 45.7 Å². The molecule has 1 radical (unpaired) electrons. The van der Waals surface area contributed by atoms with Gasteiger partial charge < -0.3 is 0 Å². The summed E-state index contributed by atoms with van der Waals surface area (Å²) in [6.07, 6.45) is 8.07. The topological polar surface area (TPSA) is 0 Å². The normalized spacial score (nSPS) is 18.5. The molecule has 0 atom stereocenters. The lowest BCUT2D eigenvalue weighted by Crippen LogP contribution is -1.46. The fraction of sp³-hybridized carbons (Fsp3) is 0.200. The Bertz CT molecular complexity index is 97.8. The molecule has 6 heavy (non-hydrogen) atoms. The van der Waals surface area contributed by atoms with E-state index in [1.54, 1.807) is 0 Å². The van der Waals surface area contributed by atoms with Crippen LogP contribution in [-0.2, 0) is 0 Å². The average molecular weight is 144 g/mol. The van der Waals surface area contributed by atoms with Crippen molar-refractivity contribution in [1.29, 1.82) is 0 Å². The molecule has 0 spiro atoms. The first-order valence-electron chi connectivity index (χ1n) is 1.82. The second-order valence-corrected chi connectivity index (χ2v) is 1.99. The minimum atomic E-state index is 0.973. The third kappa shape index (κ3) is 0.716. The zero-order valence-corrected chi connectivity index (χ0v) is 4.83. The summed E-state index contributed by atoms with van der Waals surface area (Å²) in [5, 5.41) is 0. The Morgan fingerprint density at radius 2 is 2.67 bits per heavy atom. The van der Waals surface area contributed by atoms with Crippen LogP contribution in [-0.4, -0.2) is 0 Å².